The van der Waals surface area contributed by atoms with Crippen LogP contribution in [0.15, 0.2) is 0 Å². The first-order chi connectivity index (χ1) is 9.49. The van der Waals surface area contributed by atoms with E-state index in [1.165, 1.54) is 0 Å². The van der Waals surface area contributed by atoms with E-state index in [4.69, 9.17) is 16.3 Å². The Morgan fingerprint density at radius 1 is 1.60 bits per heavy atom. The van der Waals surface area contributed by atoms with Crippen LogP contribution >= 0.6 is 11.6 Å². The first-order valence-corrected chi connectivity index (χ1v) is 7.46. The van der Waals surface area contributed by atoms with Gasteiger partial charge < -0.3 is 10.1 Å². The topological polar surface area (TPSA) is 56.2 Å². The number of halogens is 1. The van der Waals surface area contributed by atoms with Gasteiger partial charge >= 0.3 is 0 Å². The molecule has 2 atom stereocenters. The maximum absolute atomic E-state index is 11.9. The molecule has 1 aliphatic rings. The van der Waals surface area contributed by atoms with E-state index in [0.717, 1.165) is 30.8 Å². The fourth-order valence-corrected chi connectivity index (χ4v) is 2.66. The Morgan fingerprint density at radius 2 is 2.35 bits per heavy atom. The zero-order chi connectivity index (χ0) is 14.7. The molecule has 1 amide bonds. The van der Waals surface area contributed by atoms with Crippen molar-refractivity contribution in [3.8, 4) is 0 Å². The van der Waals surface area contributed by atoms with Gasteiger partial charge in [-0.3, -0.25) is 9.48 Å². The number of ether oxygens (including phenoxy) is 1. The van der Waals surface area contributed by atoms with Gasteiger partial charge in [0.05, 0.1) is 28.6 Å². The monoisotopic (exact) mass is 299 g/mol. The highest BCUT2D eigenvalue weighted by atomic mass is 35.5. The Kier molecular flexibility index (Phi) is 5.05. The van der Waals surface area contributed by atoms with Gasteiger partial charge in [0, 0.05) is 19.6 Å². The van der Waals surface area contributed by atoms with Crippen molar-refractivity contribution in [3.63, 3.8) is 0 Å². The number of hydrogen-bond donors (Lipinski definition) is 1. The van der Waals surface area contributed by atoms with E-state index in [2.05, 4.69) is 10.4 Å². The Hall–Kier alpha value is -1.07. The minimum atomic E-state index is -0.00861. The van der Waals surface area contributed by atoms with Crippen LogP contribution in [-0.2, 0) is 9.53 Å². The van der Waals surface area contributed by atoms with Gasteiger partial charge in [0.15, 0.2) is 0 Å². The van der Waals surface area contributed by atoms with Crippen molar-refractivity contribution in [3.05, 3.63) is 16.4 Å². The Bertz CT molecular complexity index is 481. The third kappa shape index (κ3) is 3.52. The number of hydrogen-bond acceptors (Lipinski definition) is 3. The van der Waals surface area contributed by atoms with Gasteiger partial charge in [-0.05, 0) is 33.6 Å². The molecule has 0 aromatic carbocycles. The summed E-state index contributed by atoms with van der Waals surface area (Å²) >= 11 is 6.13. The predicted octanol–water partition coefficient (Wildman–Crippen LogP) is 2.40. The summed E-state index contributed by atoms with van der Waals surface area (Å²) in [6.07, 6.45) is 2.69. The summed E-state index contributed by atoms with van der Waals surface area (Å²) < 4.78 is 7.30. The maximum atomic E-state index is 11.9. The van der Waals surface area contributed by atoms with Gasteiger partial charge in [0.2, 0.25) is 5.91 Å². The first-order valence-electron chi connectivity index (χ1n) is 7.08. The van der Waals surface area contributed by atoms with E-state index in [9.17, 15) is 4.79 Å². The molecule has 0 bridgehead atoms. The molecule has 0 radical (unpaired) electrons. The third-order valence-electron chi connectivity index (χ3n) is 3.69. The lowest BCUT2D eigenvalue weighted by atomic mass is 10.2. The molecular weight excluding hydrogens is 278 g/mol. The fourth-order valence-electron chi connectivity index (χ4n) is 2.53. The number of nitrogens with zero attached hydrogens (tertiary/aromatic N) is 2. The summed E-state index contributed by atoms with van der Waals surface area (Å²) in [5.41, 5.74) is 1.71. The van der Waals surface area contributed by atoms with Crippen molar-refractivity contribution in [2.45, 2.75) is 52.2 Å². The Morgan fingerprint density at radius 3 is 2.90 bits per heavy atom. The Balaban J connectivity index is 1.85. The van der Waals surface area contributed by atoms with Crippen molar-refractivity contribution >= 4 is 17.5 Å². The molecule has 0 unspecified atom stereocenters. The number of aromatic nitrogens is 2. The summed E-state index contributed by atoms with van der Waals surface area (Å²) in [4.78, 5) is 11.9. The number of rotatable bonds is 5. The largest absolute Gasteiger partial charge is 0.376 e. The molecule has 0 spiro atoms. The van der Waals surface area contributed by atoms with Gasteiger partial charge in [-0.15, -0.1) is 0 Å². The van der Waals surface area contributed by atoms with E-state index in [0.29, 0.717) is 18.0 Å². The van der Waals surface area contributed by atoms with Gasteiger partial charge in [0.1, 0.15) is 0 Å². The molecule has 20 heavy (non-hydrogen) atoms. The quantitative estimate of drug-likeness (QED) is 0.908. The molecule has 5 nitrogen and oxygen atoms in total. The minimum absolute atomic E-state index is 0.00861. The van der Waals surface area contributed by atoms with Crippen molar-refractivity contribution < 1.29 is 9.53 Å². The van der Waals surface area contributed by atoms with E-state index in [1.807, 2.05) is 25.5 Å². The van der Waals surface area contributed by atoms with E-state index in [1.54, 1.807) is 0 Å². The van der Waals surface area contributed by atoms with Crippen LogP contribution in [0.3, 0.4) is 0 Å². The molecule has 2 heterocycles. The summed E-state index contributed by atoms with van der Waals surface area (Å²) in [6, 6.07) is -0.00861. The fraction of sp³-hybridized carbons (Fsp3) is 0.714. The summed E-state index contributed by atoms with van der Waals surface area (Å²) in [5.74, 6) is 0.0247. The highest BCUT2D eigenvalue weighted by Gasteiger charge is 2.19. The van der Waals surface area contributed by atoms with Gasteiger partial charge in [-0.25, -0.2) is 0 Å². The van der Waals surface area contributed by atoms with Crippen LogP contribution in [0, 0.1) is 13.8 Å². The summed E-state index contributed by atoms with van der Waals surface area (Å²) in [6.45, 7) is 7.17. The second-order valence-corrected chi connectivity index (χ2v) is 5.80. The van der Waals surface area contributed by atoms with Crippen molar-refractivity contribution in [2.24, 2.45) is 0 Å². The molecule has 1 aromatic rings. The van der Waals surface area contributed by atoms with Crippen LogP contribution in [0.4, 0.5) is 0 Å². The zero-order valence-electron chi connectivity index (χ0n) is 12.3. The second-order valence-electron chi connectivity index (χ2n) is 5.42. The number of nitrogens with one attached hydrogen (secondary N) is 1. The molecule has 1 saturated heterocycles. The average molecular weight is 300 g/mol. The van der Waals surface area contributed by atoms with Crippen molar-refractivity contribution in [1.29, 1.82) is 0 Å². The Labute approximate surface area is 124 Å². The molecule has 1 aliphatic heterocycles. The van der Waals surface area contributed by atoms with Gasteiger partial charge in [0.25, 0.3) is 0 Å². The van der Waals surface area contributed by atoms with Crippen LogP contribution < -0.4 is 5.32 Å². The number of amides is 1. The molecule has 112 valence electrons. The third-order valence-corrected chi connectivity index (χ3v) is 4.23. The van der Waals surface area contributed by atoms with Gasteiger partial charge in [-0.1, -0.05) is 11.6 Å². The highest BCUT2D eigenvalue weighted by molar-refractivity contribution is 6.31. The van der Waals surface area contributed by atoms with E-state index >= 15 is 0 Å². The smallest absolute Gasteiger partial charge is 0.222 e. The van der Waals surface area contributed by atoms with Crippen molar-refractivity contribution in [2.75, 3.05) is 13.2 Å². The molecular formula is C14H22ClN3O2. The lowest BCUT2D eigenvalue weighted by Crippen LogP contribution is -2.33. The molecule has 2 rings (SSSR count). The summed E-state index contributed by atoms with van der Waals surface area (Å²) in [5, 5.41) is 7.99. The number of carbonyl (C=O) groups is 1. The van der Waals surface area contributed by atoms with E-state index in [-0.39, 0.29) is 18.1 Å². The molecule has 6 heteroatoms. The predicted molar refractivity (Wildman–Crippen MR) is 78.0 cm³/mol. The van der Waals surface area contributed by atoms with E-state index < -0.39 is 0 Å². The first kappa shape index (κ1) is 15.3. The summed E-state index contributed by atoms with van der Waals surface area (Å²) in [7, 11) is 0. The standard InChI is InChI=1S/C14H22ClN3O2/c1-9(18-11(3)14(15)10(2)17-18)7-13(19)16-8-12-5-4-6-20-12/h9,12H,4-8H2,1-3H3,(H,16,19)/t9-,12+/m1/s1. The molecule has 1 fully saturated rings. The molecule has 0 saturated carbocycles. The lowest BCUT2D eigenvalue weighted by molar-refractivity contribution is -0.122. The average Bonchev–Trinajstić information content (AvgIpc) is 3.01. The normalized spacial score (nSPS) is 20.1. The molecule has 1 aromatic heterocycles. The zero-order valence-corrected chi connectivity index (χ0v) is 13.0. The minimum Gasteiger partial charge on any atom is -0.376 e. The molecule has 0 aliphatic carbocycles. The van der Waals surface area contributed by atoms with Crippen LogP contribution in [0.2, 0.25) is 5.02 Å². The number of aryl methyl sites for hydroxylation is 1. The highest BCUT2D eigenvalue weighted by Crippen LogP contribution is 2.23. The van der Waals surface area contributed by atoms with Gasteiger partial charge in [-0.2, -0.15) is 5.10 Å². The van der Waals surface area contributed by atoms with Crippen LogP contribution in [0.1, 0.15) is 43.6 Å². The van der Waals surface area contributed by atoms with Crippen LogP contribution in [-0.4, -0.2) is 34.9 Å². The second kappa shape index (κ2) is 6.59. The van der Waals surface area contributed by atoms with Crippen LogP contribution in [0.25, 0.3) is 0 Å². The van der Waals surface area contributed by atoms with Crippen LogP contribution in [0.5, 0.6) is 0 Å². The van der Waals surface area contributed by atoms with Crippen molar-refractivity contribution in [1.82, 2.24) is 15.1 Å². The SMILES string of the molecule is Cc1nn([C@H](C)CC(=O)NC[C@@H]2CCCO2)c(C)c1Cl. The maximum Gasteiger partial charge on any atom is 0.222 e. The number of carbonyl (C=O) groups excluding carboxylic acids is 1. The lowest BCUT2D eigenvalue weighted by Gasteiger charge is -2.15. The molecule has 1 N–H and O–H groups in total.